The van der Waals surface area contributed by atoms with Gasteiger partial charge in [-0.05, 0) is 78.9 Å². The van der Waals surface area contributed by atoms with E-state index in [4.69, 9.17) is 33.2 Å². The Hall–Kier alpha value is -2.88. The molecule has 3 aromatic rings. The number of benzene rings is 3. The highest BCUT2D eigenvalue weighted by Crippen LogP contribution is 2.44. The zero-order valence-corrected chi connectivity index (χ0v) is 23.0. The Morgan fingerprint density at radius 1 is 1.08 bits per heavy atom. The molecule has 0 N–H and O–H groups in total. The molecule has 2 aliphatic rings. The number of piperidine rings is 1. The number of hydrogen-bond acceptors (Lipinski definition) is 4. The van der Waals surface area contributed by atoms with Gasteiger partial charge in [0, 0.05) is 38.2 Å². The molecule has 3 aromatic carbocycles. The number of likely N-dealkylation sites (N-methyl/N-ethyl adjacent to an activating group) is 1. The van der Waals surface area contributed by atoms with Crippen molar-refractivity contribution in [1.29, 1.82) is 5.26 Å². The summed E-state index contributed by atoms with van der Waals surface area (Å²) in [6, 6.07) is 23.2. The predicted molar refractivity (Wildman–Crippen MR) is 151 cm³/mol. The van der Waals surface area contributed by atoms with Gasteiger partial charge in [0.15, 0.2) is 0 Å². The second kappa shape index (κ2) is 11.5. The van der Waals surface area contributed by atoms with Gasteiger partial charge >= 0.3 is 0 Å². The van der Waals surface area contributed by atoms with E-state index >= 15 is 0 Å². The fourth-order valence-electron chi connectivity index (χ4n) is 5.73. The molecule has 0 aromatic heterocycles. The molecule has 0 radical (unpaired) electrons. The molecule has 2 aliphatic heterocycles. The lowest BCUT2D eigenvalue weighted by molar-refractivity contribution is -0.0790. The second-order valence-corrected chi connectivity index (χ2v) is 11.1. The Kier molecular flexibility index (Phi) is 8.07. The minimum atomic E-state index is -0.149. The molecule has 0 unspecified atom stereocenters. The fourth-order valence-corrected chi connectivity index (χ4v) is 6.03. The summed E-state index contributed by atoms with van der Waals surface area (Å²) in [4.78, 5) is 17.4. The van der Waals surface area contributed by atoms with Crippen LogP contribution in [0.3, 0.4) is 0 Å². The smallest absolute Gasteiger partial charge is 0.253 e. The standard InChI is InChI=1S/C31H31Cl2N3O2/c1-35(30(37)23-8-6-22(19-34)7-9-23)20-25(24-10-11-28(32)29(33)18-24)12-15-36-16-13-31(14-17-36)27-5-3-2-4-26(27)21-38-31/h2-11,18,25H,12-17,20-21H2,1H3/t25-/m0/s1. The van der Waals surface area contributed by atoms with Gasteiger partial charge in [0.2, 0.25) is 0 Å². The maximum Gasteiger partial charge on any atom is 0.253 e. The average Bonchev–Trinajstić information content (AvgIpc) is 3.31. The van der Waals surface area contributed by atoms with Gasteiger partial charge in [0.05, 0.1) is 33.9 Å². The van der Waals surface area contributed by atoms with Crippen LogP contribution < -0.4 is 0 Å². The van der Waals surface area contributed by atoms with Crippen molar-refractivity contribution < 1.29 is 9.53 Å². The summed E-state index contributed by atoms with van der Waals surface area (Å²) >= 11 is 12.6. The highest BCUT2D eigenvalue weighted by Gasteiger charge is 2.42. The van der Waals surface area contributed by atoms with Crippen molar-refractivity contribution in [2.75, 3.05) is 33.2 Å². The highest BCUT2D eigenvalue weighted by molar-refractivity contribution is 6.42. The van der Waals surface area contributed by atoms with Crippen molar-refractivity contribution in [3.05, 3.63) is 105 Å². The van der Waals surface area contributed by atoms with Crippen LogP contribution in [0.5, 0.6) is 0 Å². The summed E-state index contributed by atoms with van der Waals surface area (Å²) in [6.45, 7) is 4.12. The van der Waals surface area contributed by atoms with Crippen LogP contribution in [0.2, 0.25) is 10.0 Å². The van der Waals surface area contributed by atoms with Crippen molar-refractivity contribution in [3.8, 4) is 6.07 Å². The van der Waals surface area contributed by atoms with Crippen LogP contribution >= 0.6 is 23.2 Å². The van der Waals surface area contributed by atoms with Crippen molar-refractivity contribution in [2.24, 2.45) is 0 Å². The number of halogens is 2. The molecule has 7 heteroatoms. The van der Waals surface area contributed by atoms with Gasteiger partial charge in [-0.15, -0.1) is 0 Å². The first-order valence-corrected chi connectivity index (χ1v) is 13.8. The number of rotatable bonds is 7. The Labute approximate surface area is 234 Å². The number of hydrogen-bond donors (Lipinski definition) is 0. The van der Waals surface area contributed by atoms with Gasteiger partial charge in [-0.1, -0.05) is 53.5 Å². The van der Waals surface area contributed by atoms with E-state index in [1.165, 1.54) is 11.1 Å². The van der Waals surface area contributed by atoms with Gasteiger partial charge in [-0.25, -0.2) is 0 Å². The minimum Gasteiger partial charge on any atom is -0.365 e. The third-order valence-corrected chi connectivity index (χ3v) is 8.73. The molecule has 196 valence electrons. The number of nitriles is 1. The number of ether oxygens (including phenoxy) is 1. The summed E-state index contributed by atoms with van der Waals surface area (Å²) in [7, 11) is 1.82. The third kappa shape index (κ3) is 5.60. The number of fused-ring (bicyclic) bond motifs is 2. The van der Waals surface area contributed by atoms with Crippen molar-refractivity contribution >= 4 is 29.1 Å². The van der Waals surface area contributed by atoms with E-state index in [-0.39, 0.29) is 17.4 Å². The Morgan fingerprint density at radius 3 is 2.53 bits per heavy atom. The topological polar surface area (TPSA) is 56.6 Å². The Morgan fingerprint density at radius 2 is 1.82 bits per heavy atom. The van der Waals surface area contributed by atoms with E-state index in [0.717, 1.165) is 44.5 Å². The van der Waals surface area contributed by atoms with Gasteiger partial charge in [0.1, 0.15) is 0 Å². The van der Waals surface area contributed by atoms with Crippen molar-refractivity contribution in [2.45, 2.75) is 37.4 Å². The fraction of sp³-hybridized carbons (Fsp3) is 0.355. The quantitative estimate of drug-likeness (QED) is 0.333. The van der Waals surface area contributed by atoms with E-state index < -0.39 is 0 Å². The van der Waals surface area contributed by atoms with Gasteiger partial charge in [0.25, 0.3) is 5.91 Å². The molecule has 0 saturated carbocycles. The maximum absolute atomic E-state index is 13.2. The first kappa shape index (κ1) is 26.7. The molecule has 1 atom stereocenters. The third-order valence-electron chi connectivity index (χ3n) is 7.99. The highest BCUT2D eigenvalue weighted by atomic mass is 35.5. The number of nitrogens with zero attached hydrogens (tertiary/aromatic N) is 3. The Balaban J connectivity index is 1.25. The molecule has 0 aliphatic carbocycles. The number of carbonyl (C=O) groups is 1. The molecule has 5 nitrogen and oxygen atoms in total. The monoisotopic (exact) mass is 547 g/mol. The predicted octanol–water partition coefficient (Wildman–Crippen LogP) is 6.63. The summed E-state index contributed by atoms with van der Waals surface area (Å²) in [5, 5.41) is 10.1. The lowest BCUT2D eigenvalue weighted by Gasteiger charge is -2.40. The normalized spacial score (nSPS) is 17.1. The number of amides is 1. The molecule has 1 fully saturated rings. The minimum absolute atomic E-state index is 0.0727. The van der Waals surface area contributed by atoms with E-state index in [0.29, 0.717) is 34.3 Å². The lowest BCUT2D eigenvalue weighted by atomic mass is 9.83. The van der Waals surface area contributed by atoms with Crippen molar-refractivity contribution in [3.63, 3.8) is 0 Å². The van der Waals surface area contributed by atoms with Crippen LogP contribution in [0.15, 0.2) is 66.7 Å². The first-order valence-electron chi connectivity index (χ1n) is 13.0. The van der Waals surface area contributed by atoms with Crippen LogP contribution in [0.25, 0.3) is 0 Å². The molecule has 1 spiro atoms. The van der Waals surface area contributed by atoms with Gasteiger partial charge < -0.3 is 14.5 Å². The molecule has 1 saturated heterocycles. The van der Waals surface area contributed by atoms with E-state index in [9.17, 15) is 4.79 Å². The van der Waals surface area contributed by atoms with E-state index in [1.807, 2.05) is 25.2 Å². The number of likely N-dealkylation sites (tertiary alicyclic amines) is 1. The molecule has 38 heavy (non-hydrogen) atoms. The van der Waals surface area contributed by atoms with E-state index in [1.54, 1.807) is 29.2 Å². The van der Waals surface area contributed by atoms with Crippen LogP contribution in [-0.4, -0.2) is 48.9 Å². The van der Waals surface area contributed by atoms with Crippen LogP contribution in [0, 0.1) is 11.3 Å². The van der Waals surface area contributed by atoms with Crippen molar-refractivity contribution in [1.82, 2.24) is 9.80 Å². The van der Waals surface area contributed by atoms with E-state index in [2.05, 4.69) is 35.2 Å². The first-order chi connectivity index (χ1) is 18.4. The van der Waals surface area contributed by atoms with Crippen LogP contribution in [0.1, 0.15) is 57.8 Å². The maximum atomic E-state index is 13.2. The summed E-state index contributed by atoms with van der Waals surface area (Å²) in [5.41, 5.74) is 4.70. The molecule has 5 rings (SSSR count). The zero-order chi connectivity index (χ0) is 26.7. The summed E-state index contributed by atoms with van der Waals surface area (Å²) in [6.07, 6.45) is 2.85. The second-order valence-electron chi connectivity index (χ2n) is 10.3. The molecule has 0 bridgehead atoms. The molecule has 2 heterocycles. The van der Waals surface area contributed by atoms with Gasteiger partial charge in [-0.2, -0.15) is 5.26 Å². The lowest BCUT2D eigenvalue weighted by Crippen LogP contribution is -2.43. The average molecular weight is 549 g/mol. The molecule has 1 amide bonds. The Bertz CT molecular complexity index is 1340. The van der Waals surface area contributed by atoms with Gasteiger partial charge in [-0.3, -0.25) is 4.79 Å². The number of carbonyl (C=O) groups excluding carboxylic acids is 1. The SMILES string of the molecule is CN(C[C@H](CCN1CCC2(CC1)OCc1ccccc12)c1ccc(Cl)c(Cl)c1)C(=O)c1ccc(C#N)cc1. The molecular weight excluding hydrogens is 517 g/mol. The van der Waals surface area contributed by atoms with Crippen LogP contribution in [0.4, 0.5) is 0 Å². The zero-order valence-electron chi connectivity index (χ0n) is 21.5. The summed E-state index contributed by atoms with van der Waals surface area (Å²) < 4.78 is 6.34. The largest absolute Gasteiger partial charge is 0.365 e. The molecular formula is C31H31Cl2N3O2. The van der Waals surface area contributed by atoms with Crippen LogP contribution in [-0.2, 0) is 16.9 Å². The summed E-state index contributed by atoms with van der Waals surface area (Å²) in [5.74, 6) is 0.0213.